The van der Waals surface area contributed by atoms with E-state index in [0.717, 1.165) is 16.7 Å². The Balaban J connectivity index is 0.000000222. The lowest BCUT2D eigenvalue weighted by Crippen LogP contribution is -2.33. The summed E-state index contributed by atoms with van der Waals surface area (Å²) >= 11 is 0. The second kappa shape index (κ2) is 41.0. The van der Waals surface area contributed by atoms with Crippen molar-refractivity contribution in [1.29, 1.82) is 0 Å². The summed E-state index contributed by atoms with van der Waals surface area (Å²) in [6.45, 7) is 9.61. The number of aliphatic hydroxyl groups excluding tert-OH is 3. The number of para-hydroxylation sites is 2. The van der Waals surface area contributed by atoms with Crippen molar-refractivity contribution < 1.29 is 82.4 Å². The highest BCUT2D eigenvalue weighted by Gasteiger charge is 2.43. The molecule has 3 unspecified atom stereocenters. The zero-order valence-corrected chi connectivity index (χ0v) is 59.4. The number of carbonyl (C=O) groups excluding carboxylic acids is 6. The Morgan fingerprint density at radius 2 is 0.717 bits per heavy atom. The number of hydrogen-bond donors (Lipinski definition) is 7. The van der Waals surface area contributed by atoms with E-state index < -0.39 is 63.4 Å². The van der Waals surface area contributed by atoms with Crippen molar-refractivity contribution in [2.45, 2.75) is 78.6 Å². The van der Waals surface area contributed by atoms with Gasteiger partial charge in [0.2, 0.25) is 0 Å². The van der Waals surface area contributed by atoms with Crippen molar-refractivity contribution in [2.75, 3.05) is 65.2 Å². The molecular formula is C79H84N8O19. The van der Waals surface area contributed by atoms with Gasteiger partial charge in [0.25, 0.3) is 11.4 Å². The molecular weight excluding hydrogens is 1360 g/mol. The lowest BCUT2D eigenvalue weighted by molar-refractivity contribution is -0.385. The van der Waals surface area contributed by atoms with E-state index in [1.807, 2.05) is 54.6 Å². The second-order valence-corrected chi connectivity index (χ2v) is 23.8. The Kier molecular flexibility index (Phi) is 31.3. The molecule has 9 rings (SSSR count). The first-order chi connectivity index (χ1) is 51.1. The molecule has 5 heterocycles. The van der Waals surface area contributed by atoms with Gasteiger partial charge in [0.05, 0.1) is 80.9 Å². The van der Waals surface area contributed by atoms with Crippen molar-refractivity contribution >= 4 is 71.1 Å². The SMILES string of the molecule is CC1=C(C(=O)OC/C=C/c2ccccc2)C(c2ccccc2[N+](=O)[O-])C(C(=O)OCCCO)=C(C)N1.CC1=C(C(=O)OC/C=C/c2ccncc2)C(c2cccc(N)c2)C(C(=O)OCCCO)=C(C)N1.CC1=C(C(=O)OC/C=C/c2ccncc2)C(c2ccccc2[N+](=O)[O-])C(C(=O)OCCCO)=C(C)N1. The number of ether oxygens (including phenoxy) is 6. The van der Waals surface area contributed by atoms with E-state index in [-0.39, 0.29) is 117 Å². The monoisotopic (exact) mass is 1450 g/mol. The molecule has 6 aromatic rings. The number of nitro groups is 2. The van der Waals surface area contributed by atoms with Crippen LogP contribution in [-0.4, -0.2) is 130 Å². The fourth-order valence-electron chi connectivity index (χ4n) is 11.7. The first kappa shape index (κ1) is 80.8. The van der Waals surface area contributed by atoms with Gasteiger partial charge in [-0.2, -0.15) is 0 Å². The van der Waals surface area contributed by atoms with Crippen LogP contribution >= 0.6 is 0 Å². The minimum Gasteiger partial charge on any atom is -0.462 e. The predicted molar refractivity (Wildman–Crippen MR) is 394 cm³/mol. The molecule has 0 bridgehead atoms. The molecule has 106 heavy (non-hydrogen) atoms. The number of carbonyl (C=O) groups is 6. The Morgan fingerprint density at radius 3 is 1.04 bits per heavy atom. The molecule has 3 aliphatic heterocycles. The summed E-state index contributed by atoms with van der Waals surface area (Å²) in [4.78, 5) is 109. The molecule has 0 amide bonds. The quantitative estimate of drug-likeness (QED) is 0.00573. The van der Waals surface area contributed by atoms with Gasteiger partial charge in [-0.05, 0) is 118 Å². The topological polar surface area (TPSA) is 393 Å². The number of allylic oxidation sites excluding steroid dienone is 6. The zero-order chi connectivity index (χ0) is 76.7. The zero-order valence-electron chi connectivity index (χ0n) is 59.4. The summed E-state index contributed by atoms with van der Waals surface area (Å²) in [7, 11) is 0. The molecule has 2 aromatic heterocycles. The van der Waals surface area contributed by atoms with Gasteiger partial charge in [-0.25, -0.2) is 28.8 Å². The number of rotatable bonds is 29. The number of pyridine rings is 2. The fourth-order valence-corrected chi connectivity index (χ4v) is 11.7. The van der Waals surface area contributed by atoms with Crippen LogP contribution in [0.15, 0.2) is 238 Å². The Morgan fingerprint density at radius 1 is 0.415 bits per heavy atom. The van der Waals surface area contributed by atoms with E-state index in [1.54, 1.807) is 139 Å². The summed E-state index contributed by atoms with van der Waals surface area (Å²) < 4.78 is 32.5. The van der Waals surface area contributed by atoms with Crippen molar-refractivity contribution in [3.63, 3.8) is 0 Å². The molecule has 0 saturated carbocycles. The molecule has 0 fully saturated rings. The number of nitro benzene ring substituents is 2. The highest BCUT2D eigenvalue weighted by Crippen LogP contribution is 2.45. The van der Waals surface area contributed by atoms with Gasteiger partial charge in [-0.1, -0.05) is 97.1 Å². The number of nitrogens with one attached hydrogen (secondary N) is 3. The number of nitrogen functional groups attached to an aromatic ring is 1. The highest BCUT2D eigenvalue weighted by molar-refractivity contribution is 6.02. The van der Waals surface area contributed by atoms with Crippen LogP contribution in [0, 0.1) is 20.2 Å². The molecule has 27 heteroatoms. The number of benzene rings is 4. The lowest BCUT2D eigenvalue weighted by Gasteiger charge is -2.30. The third kappa shape index (κ3) is 22.3. The minimum absolute atomic E-state index is 0.0346. The van der Waals surface area contributed by atoms with Gasteiger partial charge in [-0.15, -0.1) is 0 Å². The number of aromatic nitrogens is 2. The van der Waals surface area contributed by atoms with Gasteiger partial charge in [0.15, 0.2) is 0 Å². The Labute approximate surface area is 612 Å². The second-order valence-electron chi connectivity index (χ2n) is 23.8. The number of aliphatic hydroxyl groups is 3. The van der Waals surface area contributed by atoms with Gasteiger partial charge in [-0.3, -0.25) is 30.2 Å². The summed E-state index contributed by atoms with van der Waals surface area (Å²) in [5, 5.41) is 59.9. The van der Waals surface area contributed by atoms with Crippen molar-refractivity contribution in [3.05, 3.63) is 292 Å². The number of hydrogen-bond acceptors (Lipinski definition) is 25. The summed E-state index contributed by atoms with van der Waals surface area (Å²) in [6.07, 6.45) is 17.9. The molecule has 3 atom stereocenters. The van der Waals surface area contributed by atoms with Gasteiger partial charge in [0, 0.05) is 127 Å². The van der Waals surface area contributed by atoms with Gasteiger partial charge < -0.3 is 65.4 Å². The van der Waals surface area contributed by atoms with Gasteiger partial charge in [0.1, 0.15) is 19.8 Å². The maximum absolute atomic E-state index is 13.3. The molecule has 3 aliphatic rings. The summed E-state index contributed by atoms with van der Waals surface area (Å²) in [6, 6.07) is 35.7. The van der Waals surface area contributed by atoms with Crippen LogP contribution in [0.3, 0.4) is 0 Å². The normalized spacial score (nSPS) is 15.7. The predicted octanol–water partition coefficient (Wildman–Crippen LogP) is 10.5. The van der Waals surface area contributed by atoms with E-state index in [9.17, 15) is 49.0 Å². The van der Waals surface area contributed by atoms with E-state index in [0.29, 0.717) is 63.0 Å². The van der Waals surface area contributed by atoms with Crippen molar-refractivity contribution in [3.8, 4) is 0 Å². The first-order valence-corrected chi connectivity index (χ1v) is 33.7. The van der Waals surface area contributed by atoms with Crippen LogP contribution in [0.2, 0.25) is 0 Å². The minimum atomic E-state index is -1.09. The Bertz CT molecular complexity index is 4260. The summed E-state index contributed by atoms with van der Waals surface area (Å²) in [5.74, 6) is -6.93. The molecule has 0 spiro atoms. The van der Waals surface area contributed by atoms with Crippen LogP contribution in [0.25, 0.3) is 18.2 Å². The number of anilines is 1. The molecule has 4 aromatic carbocycles. The van der Waals surface area contributed by atoms with Crippen LogP contribution in [0.4, 0.5) is 17.1 Å². The van der Waals surface area contributed by atoms with E-state index in [4.69, 9.17) is 49.5 Å². The number of dihydropyridines is 3. The molecule has 0 aliphatic carbocycles. The van der Waals surface area contributed by atoms with Crippen molar-refractivity contribution in [2.24, 2.45) is 0 Å². The Hall–Kier alpha value is -12.5. The largest absolute Gasteiger partial charge is 0.462 e. The van der Waals surface area contributed by atoms with Crippen LogP contribution in [-0.2, 0) is 57.2 Å². The van der Waals surface area contributed by atoms with Crippen LogP contribution in [0.5, 0.6) is 0 Å². The third-order valence-electron chi connectivity index (χ3n) is 16.4. The van der Waals surface area contributed by atoms with Gasteiger partial charge >= 0.3 is 35.8 Å². The maximum Gasteiger partial charge on any atom is 0.337 e. The molecule has 554 valence electrons. The van der Waals surface area contributed by atoms with E-state index in [1.165, 1.54) is 36.4 Å². The lowest BCUT2D eigenvalue weighted by atomic mass is 9.79. The average molecular weight is 1450 g/mol. The molecule has 8 N–H and O–H groups in total. The average Bonchev–Trinajstić information content (AvgIpc) is 0.773. The fraction of sp³-hybridized carbons (Fsp3) is 0.266. The number of nitrogens with zero attached hydrogens (tertiary/aromatic N) is 4. The van der Waals surface area contributed by atoms with E-state index >= 15 is 0 Å². The first-order valence-electron chi connectivity index (χ1n) is 33.7. The van der Waals surface area contributed by atoms with Crippen LogP contribution in [0.1, 0.15) is 112 Å². The number of nitrogens with two attached hydrogens (primary N) is 1. The third-order valence-corrected chi connectivity index (χ3v) is 16.4. The standard InChI is InChI=1S/C27H28N2O7.C26H27N3O7.C26H29N3O5/c1-18-23(26(31)35-16-8-12-20-10-4-3-5-11-20)25(21-13-6-7-14-22(21)29(33)34)24(19(2)28-18)27(32)36-17-9-15-30;1-17-22(25(31)35-15-5-7-19-10-12-27-13-11-19)24(20-8-3-4-9-21(20)29(33)34)23(18(2)28-17)26(32)36-16-6-14-30;1-17-22(25(31)33-14-4-6-19-9-11-28-12-10-19)24(20-7-3-8-21(27)16-20)23(18(2)29-17)26(32)34-15-5-13-30/h3-8,10-14,25,28,30H,9,15-17H2,1-2H3;3-5,7-13,24,28,30H,6,14-16H2,1-2H3;3-4,6-12,16,24,29-30H,5,13-15,27H2,1-2H3/b12-8+;7-5+;6-4+. The maximum atomic E-state index is 13.3. The summed E-state index contributed by atoms with van der Waals surface area (Å²) in [5.41, 5.74) is 13.5. The highest BCUT2D eigenvalue weighted by atomic mass is 16.6. The smallest absolute Gasteiger partial charge is 0.337 e. The molecule has 0 saturated heterocycles. The van der Waals surface area contributed by atoms with Crippen molar-refractivity contribution in [1.82, 2.24) is 25.9 Å². The van der Waals surface area contributed by atoms with Crippen LogP contribution < -0.4 is 21.7 Å². The molecule has 0 radical (unpaired) electrons. The van der Waals surface area contributed by atoms with E-state index in [2.05, 4.69) is 25.9 Å². The number of esters is 6. The molecule has 27 nitrogen and oxygen atoms in total.